The topological polar surface area (TPSA) is 66.1 Å². The van der Waals surface area contributed by atoms with Gasteiger partial charge in [-0.1, -0.05) is 28.1 Å². The molecule has 0 aliphatic heterocycles. The first kappa shape index (κ1) is 16.4. The minimum atomic E-state index is -0.192. The summed E-state index contributed by atoms with van der Waals surface area (Å²) in [5.74, 6) is 0.381. The van der Waals surface area contributed by atoms with Crippen LogP contribution in [0.5, 0.6) is 0 Å². The molecule has 3 aromatic rings. The van der Waals surface area contributed by atoms with Crippen LogP contribution in [0.25, 0.3) is 10.9 Å². The highest BCUT2D eigenvalue weighted by molar-refractivity contribution is 9.10. The predicted molar refractivity (Wildman–Crippen MR) is 96.9 cm³/mol. The lowest BCUT2D eigenvalue weighted by Gasteiger charge is -2.20. The molecule has 0 saturated carbocycles. The molecule has 5 nitrogen and oxygen atoms in total. The van der Waals surface area contributed by atoms with E-state index in [0.29, 0.717) is 28.8 Å². The number of benzene rings is 2. The van der Waals surface area contributed by atoms with Gasteiger partial charge in [0.25, 0.3) is 11.5 Å². The molecule has 0 radical (unpaired) electrons. The summed E-state index contributed by atoms with van der Waals surface area (Å²) in [7, 11) is 0. The summed E-state index contributed by atoms with van der Waals surface area (Å²) in [4.78, 5) is 33.6. The molecular weight excluding hydrogens is 370 g/mol. The number of para-hydroxylation sites is 1. The van der Waals surface area contributed by atoms with Crippen LogP contribution >= 0.6 is 15.9 Å². The number of carbonyl (C=O) groups is 1. The number of H-pyrrole nitrogens is 1. The second kappa shape index (κ2) is 6.97. The van der Waals surface area contributed by atoms with Crippen LogP contribution in [0.1, 0.15) is 23.1 Å². The Kier molecular flexibility index (Phi) is 4.76. The molecule has 24 heavy (non-hydrogen) atoms. The van der Waals surface area contributed by atoms with E-state index in [1.807, 2.05) is 25.1 Å². The predicted octanol–water partition coefficient (Wildman–Crippen LogP) is 3.35. The number of halogens is 1. The van der Waals surface area contributed by atoms with Crippen LogP contribution in [0.15, 0.2) is 57.8 Å². The normalized spacial score (nSPS) is 10.8. The number of nitrogens with one attached hydrogen (secondary N) is 1. The van der Waals surface area contributed by atoms with Crippen LogP contribution in [-0.2, 0) is 6.54 Å². The average Bonchev–Trinajstić information content (AvgIpc) is 2.60. The Morgan fingerprint density at radius 3 is 2.58 bits per heavy atom. The van der Waals surface area contributed by atoms with Crippen molar-refractivity contribution in [2.24, 2.45) is 0 Å². The Balaban J connectivity index is 1.89. The maximum Gasteiger partial charge on any atom is 0.258 e. The number of amides is 1. The van der Waals surface area contributed by atoms with Crippen LogP contribution in [-0.4, -0.2) is 27.3 Å². The van der Waals surface area contributed by atoms with Gasteiger partial charge in [0.1, 0.15) is 5.82 Å². The van der Waals surface area contributed by atoms with E-state index in [9.17, 15) is 9.59 Å². The highest BCUT2D eigenvalue weighted by Gasteiger charge is 2.16. The SMILES string of the molecule is CCN(Cc1nc2ccccc2c(=O)[nH]1)C(=O)c1ccc(Br)cc1. The second-order valence-corrected chi connectivity index (χ2v) is 6.27. The third kappa shape index (κ3) is 3.38. The first-order valence-corrected chi connectivity index (χ1v) is 8.40. The Hall–Kier alpha value is -2.47. The van der Waals surface area contributed by atoms with Crippen LogP contribution in [0.2, 0.25) is 0 Å². The number of carbonyl (C=O) groups excluding carboxylic acids is 1. The lowest BCUT2D eigenvalue weighted by Crippen LogP contribution is -2.31. The molecular formula is C18H16BrN3O2. The molecule has 0 atom stereocenters. The minimum Gasteiger partial charge on any atom is -0.331 e. The average molecular weight is 386 g/mol. The summed E-state index contributed by atoms with van der Waals surface area (Å²) in [6.07, 6.45) is 0. The number of hydrogen-bond donors (Lipinski definition) is 1. The molecule has 0 fully saturated rings. The number of nitrogens with zero attached hydrogens (tertiary/aromatic N) is 2. The largest absolute Gasteiger partial charge is 0.331 e. The molecule has 0 spiro atoms. The molecule has 0 unspecified atom stereocenters. The zero-order valence-electron chi connectivity index (χ0n) is 13.1. The third-order valence-corrected chi connectivity index (χ3v) is 4.29. The Labute approximate surface area is 147 Å². The van der Waals surface area contributed by atoms with Gasteiger partial charge in [0, 0.05) is 16.6 Å². The van der Waals surface area contributed by atoms with E-state index in [4.69, 9.17) is 0 Å². The van der Waals surface area contributed by atoms with Crippen LogP contribution in [0.4, 0.5) is 0 Å². The van der Waals surface area contributed by atoms with Crippen molar-refractivity contribution >= 4 is 32.7 Å². The summed E-state index contributed by atoms with van der Waals surface area (Å²) < 4.78 is 0.919. The molecule has 3 rings (SSSR count). The fourth-order valence-corrected chi connectivity index (χ4v) is 2.76. The van der Waals surface area contributed by atoms with E-state index < -0.39 is 0 Å². The first-order valence-electron chi connectivity index (χ1n) is 7.61. The summed E-state index contributed by atoms with van der Waals surface area (Å²) in [6, 6.07) is 14.4. The van der Waals surface area contributed by atoms with Gasteiger partial charge < -0.3 is 9.88 Å². The zero-order chi connectivity index (χ0) is 17.1. The van der Waals surface area contributed by atoms with E-state index in [2.05, 4.69) is 25.9 Å². The molecule has 0 saturated heterocycles. The lowest BCUT2D eigenvalue weighted by molar-refractivity contribution is 0.0748. The van der Waals surface area contributed by atoms with E-state index in [0.717, 1.165) is 4.47 Å². The van der Waals surface area contributed by atoms with E-state index in [1.54, 1.807) is 35.2 Å². The Morgan fingerprint density at radius 1 is 1.17 bits per heavy atom. The van der Waals surface area contributed by atoms with Gasteiger partial charge in [0.05, 0.1) is 17.4 Å². The molecule has 2 aromatic carbocycles. The fraction of sp³-hybridized carbons (Fsp3) is 0.167. The summed E-state index contributed by atoms with van der Waals surface area (Å²) in [6.45, 7) is 2.67. The standard InChI is InChI=1S/C18H16BrN3O2/c1-2-22(18(24)12-7-9-13(19)10-8-12)11-16-20-15-6-4-3-5-14(15)17(23)21-16/h3-10H,2,11H2,1H3,(H,20,21,23). The smallest absolute Gasteiger partial charge is 0.258 e. The Bertz CT molecular complexity index is 935. The van der Waals surface area contributed by atoms with Gasteiger partial charge in [-0.2, -0.15) is 0 Å². The van der Waals surface area contributed by atoms with Crippen molar-refractivity contribution in [3.63, 3.8) is 0 Å². The minimum absolute atomic E-state index is 0.0965. The van der Waals surface area contributed by atoms with Crippen LogP contribution in [0, 0.1) is 0 Å². The van der Waals surface area contributed by atoms with Crippen molar-refractivity contribution in [3.05, 3.63) is 74.7 Å². The second-order valence-electron chi connectivity index (χ2n) is 5.36. The maximum absolute atomic E-state index is 12.6. The highest BCUT2D eigenvalue weighted by atomic mass is 79.9. The van der Waals surface area contributed by atoms with Crippen molar-refractivity contribution in [1.29, 1.82) is 0 Å². The molecule has 1 aromatic heterocycles. The number of aromatic nitrogens is 2. The molecule has 0 aliphatic rings. The summed E-state index contributed by atoms with van der Waals surface area (Å²) >= 11 is 3.36. The number of fused-ring (bicyclic) bond motifs is 1. The zero-order valence-corrected chi connectivity index (χ0v) is 14.7. The van der Waals surface area contributed by atoms with Gasteiger partial charge >= 0.3 is 0 Å². The van der Waals surface area contributed by atoms with Gasteiger partial charge in [-0.15, -0.1) is 0 Å². The monoisotopic (exact) mass is 385 g/mol. The highest BCUT2D eigenvalue weighted by Crippen LogP contribution is 2.14. The van der Waals surface area contributed by atoms with Crippen LogP contribution in [0.3, 0.4) is 0 Å². The fourth-order valence-electron chi connectivity index (χ4n) is 2.49. The summed E-state index contributed by atoms with van der Waals surface area (Å²) in [5, 5.41) is 0.545. The van der Waals surface area contributed by atoms with Gasteiger partial charge in [0.15, 0.2) is 0 Å². The number of aromatic amines is 1. The van der Waals surface area contributed by atoms with Crippen LogP contribution < -0.4 is 5.56 Å². The summed E-state index contributed by atoms with van der Waals surface area (Å²) in [5.41, 5.74) is 1.04. The van der Waals surface area contributed by atoms with Gasteiger partial charge in [0.2, 0.25) is 0 Å². The first-order chi connectivity index (χ1) is 11.6. The molecule has 122 valence electrons. The van der Waals surface area contributed by atoms with Crippen molar-refractivity contribution in [2.75, 3.05) is 6.54 Å². The molecule has 1 amide bonds. The van der Waals surface area contributed by atoms with E-state index in [-0.39, 0.29) is 18.0 Å². The van der Waals surface area contributed by atoms with Gasteiger partial charge in [-0.25, -0.2) is 4.98 Å². The molecule has 6 heteroatoms. The van der Waals surface area contributed by atoms with Crippen molar-refractivity contribution in [3.8, 4) is 0 Å². The lowest BCUT2D eigenvalue weighted by atomic mass is 10.2. The van der Waals surface area contributed by atoms with Crippen molar-refractivity contribution in [2.45, 2.75) is 13.5 Å². The van der Waals surface area contributed by atoms with Gasteiger partial charge in [-0.3, -0.25) is 9.59 Å². The van der Waals surface area contributed by atoms with Crippen molar-refractivity contribution < 1.29 is 4.79 Å². The molecule has 0 bridgehead atoms. The molecule has 1 heterocycles. The number of rotatable bonds is 4. The quantitative estimate of drug-likeness (QED) is 0.748. The maximum atomic E-state index is 12.6. The Morgan fingerprint density at radius 2 is 1.88 bits per heavy atom. The molecule has 0 aliphatic carbocycles. The van der Waals surface area contributed by atoms with E-state index >= 15 is 0 Å². The van der Waals surface area contributed by atoms with E-state index in [1.165, 1.54) is 0 Å². The van der Waals surface area contributed by atoms with Crippen molar-refractivity contribution in [1.82, 2.24) is 14.9 Å². The third-order valence-electron chi connectivity index (χ3n) is 3.76. The van der Waals surface area contributed by atoms with Gasteiger partial charge in [-0.05, 0) is 43.3 Å². The molecule has 1 N–H and O–H groups in total. The number of hydrogen-bond acceptors (Lipinski definition) is 3.